The average Bonchev–Trinajstić information content (AvgIpc) is 2.86. The molecule has 100 valence electrons. The summed E-state index contributed by atoms with van der Waals surface area (Å²) in [5, 5.41) is 7.09. The number of piperidine rings is 1. The number of anilines is 2. The van der Waals surface area contributed by atoms with Gasteiger partial charge in [0.2, 0.25) is 0 Å². The van der Waals surface area contributed by atoms with Crippen LogP contribution >= 0.6 is 0 Å². The predicted molar refractivity (Wildman–Crippen MR) is 76.2 cm³/mol. The van der Waals surface area contributed by atoms with Crippen LogP contribution in [-0.2, 0) is 0 Å². The van der Waals surface area contributed by atoms with E-state index in [1.807, 2.05) is 18.3 Å². The standard InChI is InChI=1S/C14H19N5/c1-10-3-2-6-16-14(10)19-7-4-11(5-8-19)12-9-13(15)18-17-12/h2-3,6,9,11H,4-5,7-8H2,1H3,(H3,15,17,18). The predicted octanol–water partition coefficient (Wildman–Crippen LogP) is 2.08. The third kappa shape index (κ3) is 2.41. The van der Waals surface area contributed by atoms with Crippen molar-refractivity contribution in [3.05, 3.63) is 35.7 Å². The van der Waals surface area contributed by atoms with E-state index in [1.165, 1.54) is 5.56 Å². The summed E-state index contributed by atoms with van der Waals surface area (Å²) in [5.74, 6) is 2.27. The topological polar surface area (TPSA) is 70.8 Å². The molecular formula is C14H19N5. The number of rotatable bonds is 2. The number of hydrogen-bond acceptors (Lipinski definition) is 4. The van der Waals surface area contributed by atoms with E-state index in [2.05, 4.69) is 33.1 Å². The summed E-state index contributed by atoms with van der Waals surface area (Å²) in [4.78, 5) is 6.85. The number of nitrogens with zero attached hydrogens (tertiary/aromatic N) is 3. The highest BCUT2D eigenvalue weighted by Crippen LogP contribution is 2.30. The first-order chi connectivity index (χ1) is 9.24. The zero-order chi connectivity index (χ0) is 13.2. The van der Waals surface area contributed by atoms with Crippen LogP contribution in [-0.4, -0.2) is 28.3 Å². The zero-order valence-electron chi connectivity index (χ0n) is 11.1. The van der Waals surface area contributed by atoms with Gasteiger partial charge in [-0.15, -0.1) is 0 Å². The third-order valence-electron chi connectivity index (χ3n) is 3.81. The van der Waals surface area contributed by atoms with Gasteiger partial charge >= 0.3 is 0 Å². The van der Waals surface area contributed by atoms with Gasteiger partial charge in [0.25, 0.3) is 0 Å². The fourth-order valence-corrected chi connectivity index (χ4v) is 2.76. The van der Waals surface area contributed by atoms with Crippen LogP contribution in [0, 0.1) is 6.92 Å². The Labute approximate surface area is 112 Å². The Kier molecular flexibility index (Phi) is 3.11. The van der Waals surface area contributed by atoms with E-state index < -0.39 is 0 Å². The largest absolute Gasteiger partial charge is 0.384 e. The van der Waals surface area contributed by atoms with E-state index in [4.69, 9.17) is 5.73 Å². The quantitative estimate of drug-likeness (QED) is 0.864. The summed E-state index contributed by atoms with van der Waals surface area (Å²) in [6, 6.07) is 6.05. The highest BCUT2D eigenvalue weighted by atomic mass is 15.2. The molecule has 0 amide bonds. The summed E-state index contributed by atoms with van der Waals surface area (Å²) >= 11 is 0. The smallest absolute Gasteiger partial charge is 0.131 e. The number of H-pyrrole nitrogens is 1. The first kappa shape index (κ1) is 12.0. The molecule has 0 atom stereocenters. The second kappa shape index (κ2) is 4.91. The maximum Gasteiger partial charge on any atom is 0.131 e. The third-order valence-corrected chi connectivity index (χ3v) is 3.81. The van der Waals surface area contributed by atoms with Crippen molar-refractivity contribution < 1.29 is 0 Å². The molecule has 3 N–H and O–H groups in total. The first-order valence-corrected chi connectivity index (χ1v) is 6.71. The van der Waals surface area contributed by atoms with Crippen molar-refractivity contribution in [3.63, 3.8) is 0 Å². The van der Waals surface area contributed by atoms with Crippen LogP contribution in [0.1, 0.15) is 30.0 Å². The molecule has 2 aromatic rings. The Bertz CT molecular complexity index is 554. The number of aryl methyl sites for hydroxylation is 1. The SMILES string of the molecule is Cc1cccnc1N1CCC(c2cc(N)[nH]n2)CC1. The molecule has 19 heavy (non-hydrogen) atoms. The second-order valence-electron chi connectivity index (χ2n) is 5.15. The molecule has 1 aliphatic rings. The van der Waals surface area contributed by atoms with Crippen LogP contribution in [0.5, 0.6) is 0 Å². The Morgan fingerprint density at radius 1 is 1.37 bits per heavy atom. The van der Waals surface area contributed by atoms with E-state index in [1.54, 1.807) is 0 Å². The van der Waals surface area contributed by atoms with E-state index in [-0.39, 0.29) is 0 Å². The lowest BCUT2D eigenvalue weighted by Crippen LogP contribution is -2.34. The Hall–Kier alpha value is -2.04. The van der Waals surface area contributed by atoms with Crippen LogP contribution in [0.2, 0.25) is 0 Å². The molecule has 3 heterocycles. The lowest BCUT2D eigenvalue weighted by Gasteiger charge is -2.32. The molecule has 1 aliphatic heterocycles. The summed E-state index contributed by atoms with van der Waals surface area (Å²) in [7, 11) is 0. The molecule has 0 saturated carbocycles. The molecule has 2 aromatic heterocycles. The van der Waals surface area contributed by atoms with Crippen molar-refractivity contribution in [2.45, 2.75) is 25.7 Å². The highest BCUT2D eigenvalue weighted by Gasteiger charge is 2.23. The number of nitrogen functional groups attached to an aromatic ring is 1. The lowest BCUT2D eigenvalue weighted by atomic mass is 9.93. The number of aromatic nitrogens is 3. The first-order valence-electron chi connectivity index (χ1n) is 6.71. The second-order valence-corrected chi connectivity index (χ2v) is 5.15. The molecule has 5 nitrogen and oxygen atoms in total. The molecular weight excluding hydrogens is 238 g/mol. The van der Waals surface area contributed by atoms with Crippen molar-refractivity contribution in [2.24, 2.45) is 0 Å². The average molecular weight is 257 g/mol. The van der Waals surface area contributed by atoms with Gasteiger partial charge in [-0.3, -0.25) is 5.10 Å². The molecule has 0 radical (unpaired) electrons. The summed E-state index contributed by atoms with van der Waals surface area (Å²) in [6.07, 6.45) is 4.06. The van der Waals surface area contributed by atoms with Gasteiger partial charge in [-0.25, -0.2) is 4.98 Å². The molecule has 5 heteroatoms. The van der Waals surface area contributed by atoms with Gasteiger partial charge in [0.1, 0.15) is 11.6 Å². The van der Waals surface area contributed by atoms with Crippen molar-refractivity contribution in [1.29, 1.82) is 0 Å². The minimum absolute atomic E-state index is 0.508. The minimum atomic E-state index is 0.508. The summed E-state index contributed by atoms with van der Waals surface area (Å²) in [6.45, 7) is 4.16. The minimum Gasteiger partial charge on any atom is -0.384 e. The Morgan fingerprint density at radius 3 is 2.79 bits per heavy atom. The van der Waals surface area contributed by atoms with Gasteiger partial charge in [-0.05, 0) is 31.4 Å². The normalized spacial score (nSPS) is 16.8. The fourth-order valence-electron chi connectivity index (χ4n) is 2.76. The van der Waals surface area contributed by atoms with Crippen molar-refractivity contribution in [2.75, 3.05) is 23.7 Å². The summed E-state index contributed by atoms with van der Waals surface area (Å²) in [5.41, 5.74) is 8.02. The zero-order valence-corrected chi connectivity index (χ0v) is 11.1. The van der Waals surface area contributed by atoms with Gasteiger partial charge < -0.3 is 10.6 Å². The van der Waals surface area contributed by atoms with Crippen molar-refractivity contribution >= 4 is 11.6 Å². The molecule has 1 fully saturated rings. The van der Waals surface area contributed by atoms with Gasteiger partial charge in [-0.1, -0.05) is 6.07 Å². The van der Waals surface area contributed by atoms with Gasteiger partial charge in [0.05, 0.1) is 5.69 Å². The number of aromatic amines is 1. The van der Waals surface area contributed by atoms with E-state index in [0.29, 0.717) is 11.7 Å². The Morgan fingerprint density at radius 2 is 2.16 bits per heavy atom. The van der Waals surface area contributed by atoms with E-state index >= 15 is 0 Å². The molecule has 0 aliphatic carbocycles. The van der Waals surface area contributed by atoms with Crippen molar-refractivity contribution in [3.8, 4) is 0 Å². The number of nitrogens with two attached hydrogens (primary N) is 1. The number of nitrogens with one attached hydrogen (secondary N) is 1. The molecule has 0 spiro atoms. The van der Waals surface area contributed by atoms with Crippen LogP contribution in [0.4, 0.5) is 11.6 Å². The molecule has 0 bridgehead atoms. The van der Waals surface area contributed by atoms with E-state index in [0.717, 1.165) is 37.4 Å². The molecule has 0 unspecified atom stereocenters. The fraction of sp³-hybridized carbons (Fsp3) is 0.429. The van der Waals surface area contributed by atoms with Crippen molar-refractivity contribution in [1.82, 2.24) is 15.2 Å². The molecule has 0 aromatic carbocycles. The lowest BCUT2D eigenvalue weighted by molar-refractivity contribution is 0.492. The van der Waals surface area contributed by atoms with Crippen LogP contribution in [0.15, 0.2) is 24.4 Å². The van der Waals surface area contributed by atoms with Gasteiger partial charge in [0, 0.05) is 31.3 Å². The number of hydrogen-bond donors (Lipinski definition) is 2. The Balaban J connectivity index is 1.68. The van der Waals surface area contributed by atoms with Gasteiger partial charge in [-0.2, -0.15) is 5.10 Å². The van der Waals surface area contributed by atoms with Crippen LogP contribution < -0.4 is 10.6 Å². The number of pyridine rings is 1. The maximum absolute atomic E-state index is 5.69. The van der Waals surface area contributed by atoms with Crippen LogP contribution in [0.3, 0.4) is 0 Å². The molecule has 3 rings (SSSR count). The van der Waals surface area contributed by atoms with Gasteiger partial charge in [0.15, 0.2) is 0 Å². The van der Waals surface area contributed by atoms with Crippen LogP contribution in [0.25, 0.3) is 0 Å². The highest BCUT2D eigenvalue weighted by molar-refractivity contribution is 5.46. The summed E-state index contributed by atoms with van der Waals surface area (Å²) < 4.78 is 0. The monoisotopic (exact) mass is 257 g/mol. The molecule has 1 saturated heterocycles. The maximum atomic E-state index is 5.69. The van der Waals surface area contributed by atoms with E-state index in [9.17, 15) is 0 Å².